The molecule has 3 aromatic heterocycles. The van der Waals surface area contributed by atoms with Gasteiger partial charge < -0.3 is 9.26 Å². The van der Waals surface area contributed by atoms with Crippen LogP contribution < -0.4 is 0 Å². The number of rotatable bonds is 3. The molecule has 0 aromatic carbocycles. The van der Waals surface area contributed by atoms with Gasteiger partial charge in [-0.1, -0.05) is 5.16 Å². The summed E-state index contributed by atoms with van der Waals surface area (Å²) >= 11 is 1.59. The minimum absolute atomic E-state index is 0.230. The Hall–Kier alpha value is -1.73. The van der Waals surface area contributed by atoms with E-state index in [1.54, 1.807) is 11.3 Å². The maximum atomic E-state index is 5.60. The Kier molecular flexibility index (Phi) is 2.82. The molecular weight excluding hydrogens is 276 g/mol. The Bertz CT molecular complexity index is 739. The Morgan fingerprint density at radius 3 is 3.25 bits per heavy atom. The lowest BCUT2D eigenvalue weighted by Crippen LogP contribution is -2.09. The van der Waals surface area contributed by atoms with E-state index in [-0.39, 0.29) is 6.10 Å². The monoisotopic (exact) mass is 290 g/mol. The summed E-state index contributed by atoms with van der Waals surface area (Å²) in [6.45, 7) is 2.80. The summed E-state index contributed by atoms with van der Waals surface area (Å²) in [4.78, 5) is 9.92. The van der Waals surface area contributed by atoms with Gasteiger partial charge in [0.1, 0.15) is 5.69 Å². The van der Waals surface area contributed by atoms with Crippen molar-refractivity contribution in [1.29, 1.82) is 0 Å². The van der Waals surface area contributed by atoms with Gasteiger partial charge in [0.05, 0.1) is 11.8 Å². The van der Waals surface area contributed by atoms with Crippen LogP contribution in [0.2, 0.25) is 0 Å². The molecule has 4 heterocycles. The Labute approximate surface area is 119 Å². The molecule has 1 aliphatic rings. The summed E-state index contributed by atoms with van der Waals surface area (Å²) in [6, 6.07) is 0. The molecule has 4 rings (SSSR count). The number of fused-ring (bicyclic) bond motifs is 1. The van der Waals surface area contributed by atoms with E-state index in [1.165, 1.54) is 0 Å². The molecule has 0 aliphatic carbocycles. The van der Waals surface area contributed by atoms with Crippen molar-refractivity contribution in [2.45, 2.75) is 32.3 Å². The number of aryl methyl sites for hydroxylation is 1. The Morgan fingerprint density at radius 1 is 1.45 bits per heavy atom. The van der Waals surface area contributed by atoms with Crippen molar-refractivity contribution in [2.24, 2.45) is 0 Å². The van der Waals surface area contributed by atoms with Crippen LogP contribution in [0.1, 0.15) is 24.4 Å². The summed E-state index contributed by atoms with van der Waals surface area (Å²) in [5, 5.41) is 6.06. The molecule has 1 aliphatic heterocycles. The molecule has 7 heteroatoms. The van der Waals surface area contributed by atoms with Crippen LogP contribution in [-0.4, -0.2) is 32.2 Å². The van der Waals surface area contributed by atoms with Gasteiger partial charge >= 0.3 is 0 Å². The highest BCUT2D eigenvalue weighted by Crippen LogP contribution is 2.26. The Morgan fingerprint density at radius 2 is 2.40 bits per heavy atom. The largest absolute Gasteiger partial charge is 0.378 e. The normalized spacial score (nSPS) is 19.1. The molecule has 3 aromatic rings. The van der Waals surface area contributed by atoms with Gasteiger partial charge in [-0.2, -0.15) is 4.98 Å². The molecule has 0 spiro atoms. The number of hydrogen-bond donors (Lipinski definition) is 0. The van der Waals surface area contributed by atoms with Crippen molar-refractivity contribution in [1.82, 2.24) is 19.5 Å². The van der Waals surface area contributed by atoms with Gasteiger partial charge in [0.15, 0.2) is 10.8 Å². The molecule has 0 N–H and O–H groups in total. The highest BCUT2D eigenvalue weighted by atomic mass is 32.1. The first-order chi connectivity index (χ1) is 9.81. The van der Waals surface area contributed by atoms with E-state index in [2.05, 4.69) is 15.1 Å². The lowest BCUT2D eigenvalue weighted by molar-refractivity contribution is 0.109. The topological polar surface area (TPSA) is 65.5 Å². The standard InChI is InChI=1S/C13H14N4O2S/c1-8-11(17-4-6-20-13(17)14-8)12-15-10(16-19-12)7-9-3-2-5-18-9/h4,6,9H,2-3,5,7H2,1H3/t9-/m0/s1. The zero-order chi connectivity index (χ0) is 13.5. The summed E-state index contributed by atoms with van der Waals surface area (Å²) in [7, 11) is 0. The first-order valence-corrected chi connectivity index (χ1v) is 7.56. The van der Waals surface area contributed by atoms with E-state index in [0.717, 1.165) is 35.8 Å². The van der Waals surface area contributed by atoms with Crippen LogP contribution >= 0.6 is 11.3 Å². The number of aromatic nitrogens is 4. The van der Waals surface area contributed by atoms with Crippen LogP contribution in [0.4, 0.5) is 0 Å². The van der Waals surface area contributed by atoms with Crippen LogP contribution in [-0.2, 0) is 11.2 Å². The molecule has 6 nitrogen and oxygen atoms in total. The van der Waals surface area contributed by atoms with E-state index >= 15 is 0 Å². The van der Waals surface area contributed by atoms with E-state index < -0.39 is 0 Å². The van der Waals surface area contributed by atoms with E-state index in [9.17, 15) is 0 Å². The zero-order valence-corrected chi connectivity index (χ0v) is 11.9. The highest BCUT2D eigenvalue weighted by molar-refractivity contribution is 7.15. The van der Waals surface area contributed by atoms with Crippen molar-refractivity contribution in [2.75, 3.05) is 6.61 Å². The SMILES string of the molecule is Cc1nc2sccn2c1-c1nc(C[C@@H]2CCCO2)no1. The molecule has 104 valence electrons. The predicted octanol–water partition coefficient (Wildman–Crippen LogP) is 2.48. The average Bonchev–Trinajstić information content (AvgIpc) is 3.14. The lowest BCUT2D eigenvalue weighted by atomic mass is 10.2. The molecule has 1 saturated heterocycles. The van der Waals surface area contributed by atoms with Crippen LogP contribution in [0, 0.1) is 6.92 Å². The molecule has 1 fully saturated rings. The fraction of sp³-hybridized carbons (Fsp3) is 0.462. The maximum Gasteiger partial charge on any atom is 0.276 e. The first kappa shape index (κ1) is 12.0. The summed E-state index contributed by atoms with van der Waals surface area (Å²) in [5.74, 6) is 1.23. The second kappa shape index (κ2) is 4.68. The van der Waals surface area contributed by atoms with E-state index in [0.29, 0.717) is 18.1 Å². The zero-order valence-electron chi connectivity index (χ0n) is 11.1. The van der Waals surface area contributed by atoms with Crippen LogP contribution in [0.15, 0.2) is 16.1 Å². The molecule has 0 saturated carbocycles. The number of imidazole rings is 1. The Balaban J connectivity index is 1.66. The number of hydrogen-bond acceptors (Lipinski definition) is 6. The second-order valence-electron chi connectivity index (χ2n) is 4.96. The van der Waals surface area contributed by atoms with Crippen molar-refractivity contribution in [3.63, 3.8) is 0 Å². The molecule has 20 heavy (non-hydrogen) atoms. The lowest BCUT2D eigenvalue weighted by Gasteiger charge is -2.03. The van der Waals surface area contributed by atoms with Crippen LogP contribution in [0.25, 0.3) is 16.5 Å². The fourth-order valence-electron chi connectivity index (χ4n) is 2.59. The molecule has 0 radical (unpaired) electrons. The molecule has 0 amide bonds. The van der Waals surface area contributed by atoms with Crippen molar-refractivity contribution >= 4 is 16.3 Å². The highest BCUT2D eigenvalue weighted by Gasteiger charge is 2.22. The minimum atomic E-state index is 0.230. The predicted molar refractivity (Wildman–Crippen MR) is 73.8 cm³/mol. The second-order valence-corrected chi connectivity index (χ2v) is 5.83. The molecular formula is C13H14N4O2S. The van der Waals surface area contributed by atoms with Crippen molar-refractivity contribution < 1.29 is 9.26 Å². The van der Waals surface area contributed by atoms with E-state index in [4.69, 9.17) is 9.26 Å². The quantitative estimate of drug-likeness (QED) is 0.741. The summed E-state index contributed by atoms with van der Waals surface area (Å²) < 4.78 is 13.0. The van der Waals surface area contributed by atoms with Crippen LogP contribution in [0.5, 0.6) is 0 Å². The molecule has 0 unspecified atom stereocenters. The minimum Gasteiger partial charge on any atom is -0.378 e. The van der Waals surface area contributed by atoms with Gasteiger partial charge in [0, 0.05) is 24.6 Å². The third kappa shape index (κ3) is 1.94. The van der Waals surface area contributed by atoms with E-state index in [1.807, 2.05) is 22.9 Å². The van der Waals surface area contributed by atoms with Crippen molar-refractivity contribution in [3.05, 3.63) is 23.1 Å². The van der Waals surface area contributed by atoms with Gasteiger partial charge in [0.2, 0.25) is 0 Å². The van der Waals surface area contributed by atoms with Crippen LogP contribution in [0.3, 0.4) is 0 Å². The number of ether oxygens (including phenoxy) is 1. The van der Waals surface area contributed by atoms with Gasteiger partial charge in [0.25, 0.3) is 5.89 Å². The van der Waals surface area contributed by atoms with Gasteiger partial charge in [-0.3, -0.25) is 4.40 Å². The number of thiazole rings is 1. The fourth-order valence-corrected chi connectivity index (χ4v) is 3.35. The molecule has 0 bridgehead atoms. The summed E-state index contributed by atoms with van der Waals surface area (Å²) in [6.07, 6.45) is 5.11. The number of nitrogens with zero attached hydrogens (tertiary/aromatic N) is 4. The molecule has 1 atom stereocenters. The third-order valence-electron chi connectivity index (χ3n) is 3.54. The van der Waals surface area contributed by atoms with Gasteiger partial charge in [-0.25, -0.2) is 4.98 Å². The average molecular weight is 290 g/mol. The van der Waals surface area contributed by atoms with Gasteiger partial charge in [-0.15, -0.1) is 11.3 Å². The first-order valence-electron chi connectivity index (χ1n) is 6.68. The maximum absolute atomic E-state index is 5.60. The van der Waals surface area contributed by atoms with Gasteiger partial charge in [-0.05, 0) is 19.8 Å². The summed E-state index contributed by atoms with van der Waals surface area (Å²) in [5.41, 5.74) is 1.79. The smallest absolute Gasteiger partial charge is 0.276 e. The third-order valence-corrected chi connectivity index (χ3v) is 4.30. The van der Waals surface area contributed by atoms with Crippen molar-refractivity contribution in [3.8, 4) is 11.6 Å².